The molecule has 2 aromatic rings. The fourth-order valence-corrected chi connectivity index (χ4v) is 2.09. The fraction of sp³-hybridized carbons (Fsp3) is 0.286. The van der Waals surface area contributed by atoms with Crippen molar-refractivity contribution in [3.63, 3.8) is 0 Å². The van der Waals surface area contributed by atoms with Crippen LogP contribution in [0.3, 0.4) is 0 Å². The minimum Gasteiger partial charge on any atom is -0.384 e. The van der Waals surface area contributed by atoms with Gasteiger partial charge in [0, 0.05) is 23.0 Å². The van der Waals surface area contributed by atoms with Gasteiger partial charge in [-0.15, -0.1) is 0 Å². The molecule has 0 spiro atoms. The summed E-state index contributed by atoms with van der Waals surface area (Å²) < 4.78 is 1.08. The zero-order chi connectivity index (χ0) is 13.8. The molecule has 0 fully saturated rings. The first kappa shape index (κ1) is 13.8. The topological polar surface area (TPSA) is 63.8 Å². The number of nitrogen functional groups attached to an aromatic ring is 1. The Bertz CT molecular complexity index is 569. The summed E-state index contributed by atoms with van der Waals surface area (Å²) in [7, 11) is 0. The lowest BCUT2D eigenvalue weighted by atomic mass is 10.2. The van der Waals surface area contributed by atoms with Crippen molar-refractivity contribution in [3.05, 3.63) is 46.2 Å². The van der Waals surface area contributed by atoms with E-state index in [-0.39, 0.29) is 5.92 Å². The Hall–Kier alpha value is -1.62. The Labute approximate surface area is 121 Å². The predicted molar refractivity (Wildman–Crippen MR) is 82.0 cm³/mol. The Balaban J connectivity index is 2.14. The highest BCUT2D eigenvalue weighted by molar-refractivity contribution is 9.10. The summed E-state index contributed by atoms with van der Waals surface area (Å²) in [6.45, 7) is 4.79. The van der Waals surface area contributed by atoms with E-state index in [1.807, 2.05) is 32.0 Å². The highest BCUT2D eigenvalue weighted by Crippen LogP contribution is 2.19. The third-order valence-electron chi connectivity index (χ3n) is 2.70. The smallest absolute Gasteiger partial charge is 0.135 e. The van der Waals surface area contributed by atoms with E-state index >= 15 is 0 Å². The van der Waals surface area contributed by atoms with Crippen molar-refractivity contribution < 1.29 is 0 Å². The average Bonchev–Trinajstić information content (AvgIpc) is 2.37. The van der Waals surface area contributed by atoms with Crippen molar-refractivity contribution in [2.75, 3.05) is 11.1 Å². The molecule has 1 aromatic heterocycles. The number of anilines is 2. The Morgan fingerprint density at radius 3 is 2.68 bits per heavy atom. The van der Waals surface area contributed by atoms with Crippen molar-refractivity contribution in [1.29, 1.82) is 0 Å². The molecule has 0 aliphatic carbocycles. The van der Waals surface area contributed by atoms with Crippen LogP contribution >= 0.6 is 15.9 Å². The van der Waals surface area contributed by atoms with Gasteiger partial charge >= 0.3 is 0 Å². The second-order valence-electron chi connectivity index (χ2n) is 4.64. The second-order valence-corrected chi connectivity index (χ2v) is 5.49. The van der Waals surface area contributed by atoms with E-state index in [4.69, 9.17) is 5.73 Å². The minimum atomic E-state index is 0.257. The minimum absolute atomic E-state index is 0.257. The highest BCUT2D eigenvalue weighted by Gasteiger charge is 2.07. The number of aromatic nitrogens is 2. The average molecular weight is 321 g/mol. The Morgan fingerprint density at radius 1 is 1.26 bits per heavy atom. The first-order valence-electron chi connectivity index (χ1n) is 6.18. The zero-order valence-corrected chi connectivity index (χ0v) is 12.6. The first-order chi connectivity index (χ1) is 9.06. The summed E-state index contributed by atoms with van der Waals surface area (Å²) in [4.78, 5) is 8.68. The van der Waals surface area contributed by atoms with Gasteiger partial charge in [-0.25, -0.2) is 9.97 Å². The van der Waals surface area contributed by atoms with Gasteiger partial charge < -0.3 is 11.1 Å². The number of hydrogen-bond acceptors (Lipinski definition) is 4. The van der Waals surface area contributed by atoms with Gasteiger partial charge in [0.25, 0.3) is 0 Å². The quantitative estimate of drug-likeness (QED) is 0.904. The standard InChI is InChI=1S/C14H17BrN4/c1-9(2)14-18-12(16)7-13(19-14)17-8-10-5-3-4-6-11(10)15/h3-7,9H,8H2,1-2H3,(H3,16,17,18,19). The maximum Gasteiger partial charge on any atom is 0.135 e. The lowest BCUT2D eigenvalue weighted by Gasteiger charge is -2.11. The van der Waals surface area contributed by atoms with E-state index in [1.165, 1.54) is 5.56 Å². The molecule has 0 bridgehead atoms. The number of nitrogens with one attached hydrogen (secondary N) is 1. The van der Waals surface area contributed by atoms with E-state index < -0.39 is 0 Å². The van der Waals surface area contributed by atoms with Crippen molar-refractivity contribution in [1.82, 2.24) is 9.97 Å². The van der Waals surface area contributed by atoms with E-state index in [2.05, 4.69) is 37.3 Å². The highest BCUT2D eigenvalue weighted by atomic mass is 79.9. The SMILES string of the molecule is CC(C)c1nc(N)cc(NCc2ccccc2Br)n1. The monoisotopic (exact) mass is 320 g/mol. The van der Waals surface area contributed by atoms with Crippen LogP contribution in [0.25, 0.3) is 0 Å². The van der Waals surface area contributed by atoms with Crippen molar-refractivity contribution in [2.24, 2.45) is 0 Å². The Kier molecular flexibility index (Phi) is 4.37. The third kappa shape index (κ3) is 3.67. The van der Waals surface area contributed by atoms with Crippen molar-refractivity contribution in [2.45, 2.75) is 26.3 Å². The van der Waals surface area contributed by atoms with E-state index in [1.54, 1.807) is 6.07 Å². The Morgan fingerprint density at radius 2 is 2.00 bits per heavy atom. The van der Waals surface area contributed by atoms with Crippen LogP contribution in [0.5, 0.6) is 0 Å². The molecule has 1 heterocycles. The van der Waals surface area contributed by atoms with Gasteiger partial charge in [0.05, 0.1) is 0 Å². The van der Waals surface area contributed by atoms with Gasteiger partial charge in [0.15, 0.2) is 0 Å². The molecule has 100 valence electrons. The normalized spacial score (nSPS) is 10.7. The lowest BCUT2D eigenvalue weighted by Crippen LogP contribution is -2.07. The lowest BCUT2D eigenvalue weighted by molar-refractivity contribution is 0.777. The fourth-order valence-electron chi connectivity index (χ4n) is 1.66. The van der Waals surface area contributed by atoms with Crippen LogP contribution in [-0.2, 0) is 6.54 Å². The maximum absolute atomic E-state index is 5.80. The summed E-state index contributed by atoms with van der Waals surface area (Å²) >= 11 is 3.52. The number of nitrogens with two attached hydrogens (primary N) is 1. The van der Waals surface area contributed by atoms with Crippen LogP contribution in [0.4, 0.5) is 11.6 Å². The summed E-state index contributed by atoms with van der Waals surface area (Å²) in [6, 6.07) is 9.83. The molecule has 0 saturated carbocycles. The summed E-state index contributed by atoms with van der Waals surface area (Å²) in [6.07, 6.45) is 0. The van der Waals surface area contributed by atoms with Gasteiger partial charge in [-0.2, -0.15) is 0 Å². The summed E-state index contributed by atoms with van der Waals surface area (Å²) in [5.74, 6) is 2.27. The summed E-state index contributed by atoms with van der Waals surface area (Å²) in [5.41, 5.74) is 6.97. The summed E-state index contributed by atoms with van der Waals surface area (Å²) in [5, 5.41) is 3.28. The van der Waals surface area contributed by atoms with Crippen LogP contribution in [0.2, 0.25) is 0 Å². The van der Waals surface area contributed by atoms with Gasteiger partial charge in [-0.05, 0) is 11.6 Å². The van der Waals surface area contributed by atoms with Crippen molar-refractivity contribution >= 4 is 27.6 Å². The van der Waals surface area contributed by atoms with Crippen LogP contribution in [0.15, 0.2) is 34.8 Å². The first-order valence-corrected chi connectivity index (χ1v) is 6.97. The van der Waals surface area contributed by atoms with Gasteiger partial charge in [0.2, 0.25) is 0 Å². The third-order valence-corrected chi connectivity index (χ3v) is 3.47. The molecular weight excluding hydrogens is 304 g/mol. The molecule has 3 N–H and O–H groups in total. The molecule has 19 heavy (non-hydrogen) atoms. The number of benzene rings is 1. The molecule has 0 aliphatic heterocycles. The van der Waals surface area contributed by atoms with Crippen LogP contribution in [-0.4, -0.2) is 9.97 Å². The molecule has 5 heteroatoms. The van der Waals surface area contributed by atoms with Crippen LogP contribution < -0.4 is 11.1 Å². The molecule has 1 aromatic carbocycles. The number of nitrogens with zero attached hydrogens (tertiary/aromatic N) is 2. The molecule has 4 nitrogen and oxygen atoms in total. The van der Waals surface area contributed by atoms with E-state index in [9.17, 15) is 0 Å². The van der Waals surface area contributed by atoms with E-state index in [0.717, 1.165) is 16.1 Å². The molecule has 0 unspecified atom stereocenters. The van der Waals surface area contributed by atoms with Crippen molar-refractivity contribution in [3.8, 4) is 0 Å². The molecule has 2 rings (SSSR count). The molecule has 0 aliphatic rings. The molecule has 0 saturated heterocycles. The molecule has 0 radical (unpaired) electrons. The maximum atomic E-state index is 5.80. The van der Waals surface area contributed by atoms with Gasteiger partial charge in [0.1, 0.15) is 17.5 Å². The van der Waals surface area contributed by atoms with E-state index in [0.29, 0.717) is 12.4 Å². The van der Waals surface area contributed by atoms with Crippen LogP contribution in [0.1, 0.15) is 31.2 Å². The van der Waals surface area contributed by atoms with Crippen LogP contribution in [0, 0.1) is 0 Å². The predicted octanol–water partition coefficient (Wildman–Crippen LogP) is 3.56. The number of hydrogen-bond donors (Lipinski definition) is 2. The van der Waals surface area contributed by atoms with Gasteiger partial charge in [-0.1, -0.05) is 48.0 Å². The number of rotatable bonds is 4. The molecular formula is C14H17BrN4. The molecule has 0 atom stereocenters. The number of halogens is 1. The largest absolute Gasteiger partial charge is 0.384 e. The molecule has 0 amide bonds. The zero-order valence-electron chi connectivity index (χ0n) is 11.0. The second kappa shape index (κ2) is 6.02. The van der Waals surface area contributed by atoms with Gasteiger partial charge in [-0.3, -0.25) is 0 Å².